The molecule has 1 aliphatic heterocycles. The third kappa shape index (κ3) is 1.82. The summed E-state index contributed by atoms with van der Waals surface area (Å²) in [7, 11) is 0. The van der Waals surface area contributed by atoms with Crippen LogP contribution in [0.5, 0.6) is 0 Å². The van der Waals surface area contributed by atoms with Crippen molar-refractivity contribution in [1.82, 2.24) is 0 Å². The molecule has 1 aromatic rings. The van der Waals surface area contributed by atoms with Crippen LogP contribution in [0.2, 0.25) is 0 Å². The van der Waals surface area contributed by atoms with Crippen LogP contribution in [0.15, 0.2) is 18.2 Å². The number of nitrogens with zero attached hydrogens (tertiary/aromatic N) is 1. The Morgan fingerprint density at radius 3 is 2.59 bits per heavy atom. The minimum Gasteiger partial charge on any atom is -0.370 e. The maximum Gasteiger partial charge on any atom is 0.123 e. The van der Waals surface area contributed by atoms with E-state index in [0.29, 0.717) is 12.0 Å². The normalized spacial score (nSPS) is 21.9. The van der Waals surface area contributed by atoms with Crippen molar-refractivity contribution in [2.24, 2.45) is 11.1 Å². The molecule has 0 unspecified atom stereocenters. The van der Waals surface area contributed by atoms with E-state index in [-0.39, 0.29) is 5.82 Å². The van der Waals surface area contributed by atoms with Crippen LogP contribution in [0, 0.1) is 11.2 Å². The number of hydrogen-bond acceptors (Lipinski definition) is 2. The van der Waals surface area contributed by atoms with Crippen LogP contribution in [-0.2, 0) is 6.54 Å². The highest BCUT2D eigenvalue weighted by Crippen LogP contribution is 2.47. The van der Waals surface area contributed by atoms with Gasteiger partial charge in [0.25, 0.3) is 0 Å². The van der Waals surface area contributed by atoms with E-state index in [4.69, 9.17) is 5.73 Å². The Morgan fingerprint density at radius 2 is 1.94 bits per heavy atom. The first-order valence-electron chi connectivity index (χ1n) is 6.46. The van der Waals surface area contributed by atoms with Gasteiger partial charge in [-0.3, -0.25) is 0 Å². The summed E-state index contributed by atoms with van der Waals surface area (Å²) in [6.45, 7) is 2.67. The van der Waals surface area contributed by atoms with Gasteiger partial charge in [-0.15, -0.1) is 0 Å². The molecule has 2 N–H and O–H groups in total. The molecule has 3 rings (SSSR count). The van der Waals surface area contributed by atoms with Gasteiger partial charge >= 0.3 is 0 Å². The van der Waals surface area contributed by atoms with E-state index in [9.17, 15) is 4.39 Å². The lowest BCUT2D eigenvalue weighted by Gasteiger charge is -2.50. The molecule has 1 aliphatic carbocycles. The van der Waals surface area contributed by atoms with Gasteiger partial charge in [0.15, 0.2) is 0 Å². The summed E-state index contributed by atoms with van der Waals surface area (Å²) in [4.78, 5) is 2.35. The molecule has 2 aliphatic rings. The van der Waals surface area contributed by atoms with E-state index in [1.54, 1.807) is 6.07 Å². The number of nitrogens with two attached hydrogens (primary N) is 1. The maximum atomic E-state index is 13.1. The molecule has 1 aromatic carbocycles. The highest BCUT2D eigenvalue weighted by atomic mass is 19.1. The Bertz CT molecular complexity index is 416. The lowest BCUT2D eigenvalue weighted by molar-refractivity contribution is 0.221. The Balaban J connectivity index is 1.78. The Hall–Kier alpha value is -1.09. The van der Waals surface area contributed by atoms with Crippen molar-refractivity contribution in [1.29, 1.82) is 0 Å². The first-order valence-corrected chi connectivity index (χ1v) is 6.46. The molecular formula is C14H19FN2. The maximum absolute atomic E-state index is 13.1. The van der Waals surface area contributed by atoms with E-state index in [0.717, 1.165) is 24.3 Å². The van der Waals surface area contributed by atoms with Crippen molar-refractivity contribution in [2.75, 3.05) is 18.0 Å². The van der Waals surface area contributed by atoms with Gasteiger partial charge in [0.05, 0.1) is 0 Å². The van der Waals surface area contributed by atoms with E-state index in [1.807, 2.05) is 6.07 Å². The van der Waals surface area contributed by atoms with Crippen LogP contribution in [0.3, 0.4) is 0 Å². The second-order valence-electron chi connectivity index (χ2n) is 5.54. The third-order valence-corrected chi connectivity index (χ3v) is 4.32. The third-order valence-electron chi connectivity index (χ3n) is 4.32. The molecule has 2 nitrogen and oxygen atoms in total. The average molecular weight is 234 g/mol. The smallest absolute Gasteiger partial charge is 0.123 e. The van der Waals surface area contributed by atoms with E-state index in [1.165, 1.54) is 31.7 Å². The van der Waals surface area contributed by atoms with Crippen molar-refractivity contribution in [3.05, 3.63) is 29.6 Å². The molecule has 0 amide bonds. The number of hydrogen-bond donors (Lipinski definition) is 1. The van der Waals surface area contributed by atoms with Crippen LogP contribution < -0.4 is 10.6 Å². The first-order chi connectivity index (χ1) is 8.22. The minimum atomic E-state index is -0.190. The Morgan fingerprint density at radius 1 is 1.24 bits per heavy atom. The number of rotatable bonds is 2. The molecule has 3 heteroatoms. The lowest BCUT2D eigenvalue weighted by atomic mass is 9.78. The monoisotopic (exact) mass is 234 g/mol. The summed E-state index contributed by atoms with van der Waals surface area (Å²) in [5, 5.41) is 0. The van der Waals surface area contributed by atoms with E-state index < -0.39 is 0 Å². The first kappa shape index (κ1) is 11.0. The van der Waals surface area contributed by atoms with Crippen LogP contribution in [0.4, 0.5) is 10.1 Å². The fourth-order valence-electron chi connectivity index (χ4n) is 3.40. The predicted molar refractivity (Wildman–Crippen MR) is 67.4 cm³/mol. The molecule has 1 saturated carbocycles. The van der Waals surface area contributed by atoms with Gasteiger partial charge in [-0.25, -0.2) is 4.39 Å². The zero-order valence-electron chi connectivity index (χ0n) is 10.1. The zero-order chi connectivity index (χ0) is 11.9. The fourth-order valence-corrected chi connectivity index (χ4v) is 3.40. The van der Waals surface area contributed by atoms with Gasteiger partial charge in [0, 0.05) is 30.7 Å². The van der Waals surface area contributed by atoms with Gasteiger partial charge in [-0.1, -0.05) is 12.8 Å². The fraction of sp³-hybridized carbons (Fsp3) is 0.571. The molecule has 0 bridgehead atoms. The largest absolute Gasteiger partial charge is 0.370 e. The Labute approximate surface area is 102 Å². The highest BCUT2D eigenvalue weighted by molar-refractivity contribution is 5.56. The van der Waals surface area contributed by atoms with Gasteiger partial charge in [-0.2, -0.15) is 0 Å². The van der Waals surface area contributed by atoms with Gasteiger partial charge in [-0.05, 0) is 36.6 Å². The summed E-state index contributed by atoms with van der Waals surface area (Å²) in [6.07, 6.45) is 5.48. The molecule has 2 fully saturated rings. The number of benzene rings is 1. The Kier molecular flexibility index (Phi) is 2.58. The van der Waals surface area contributed by atoms with E-state index >= 15 is 0 Å². The van der Waals surface area contributed by atoms with Crippen LogP contribution in [0.25, 0.3) is 0 Å². The summed E-state index contributed by atoms with van der Waals surface area (Å²) in [5.41, 5.74) is 8.32. The standard InChI is InChI=1S/C14H19FN2/c15-12-3-4-13(11(7-12)8-16)17-9-14(10-17)5-1-2-6-14/h3-4,7H,1-2,5-6,8-10,16H2. The summed E-state index contributed by atoms with van der Waals surface area (Å²) in [5.74, 6) is -0.190. The van der Waals surface area contributed by atoms with Crippen molar-refractivity contribution >= 4 is 5.69 Å². The molecule has 1 heterocycles. The molecule has 0 atom stereocenters. The number of anilines is 1. The second kappa shape index (κ2) is 3.98. The average Bonchev–Trinajstić information content (AvgIpc) is 2.76. The van der Waals surface area contributed by atoms with Gasteiger partial charge in [0.2, 0.25) is 0 Å². The zero-order valence-corrected chi connectivity index (χ0v) is 10.1. The predicted octanol–water partition coefficient (Wildman–Crippen LogP) is 2.66. The summed E-state index contributed by atoms with van der Waals surface area (Å²) >= 11 is 0. The summed E-state index contributed by atoms with van der Waals surface area (Å²) < 4.78 is 13.1. The van der Waals surface area contributed by atoms with Crippen LogP contribution >= 0.6 is 0 Å². The van der Waals surface area contributed by atoms with Crippen molar-refractivity contribution in [2.45, 2.75) is 32.2 Å². The van der Waals surface area contributed by atoms with Crippen LogP contribution in [-0.4, -0.2) is 13.1 Å². The van der Waals surface area contributed by atoms with Crippen molar-refractivity contribution in [3.8, 4) is 0 Å². The molecule has 17 heavy (non-hydrogen) atoms. The lowest BCUT2D eigenvalue weighted by Crippen LogP contribution is -2.55. The van der Waals surface area contributed by atoms with Gasteiger partial charge < -0.3 is 10.6 Å². The molecule has 0 radical (unpaired) electrons. The molecular weight excluding hydrogens is 215 g/mol. The SMILES string of the molecule is NCc1cc(F)ccc1N1CC2(CCCC2)C1. The topological polar surface area (TPSA) is 29.3 Å². The van der Waals surface area contributed by atoms with Crippen molar-refractivity contribution < 1.29 is 4.39 Å². The number of halogens is 1. The highest BCUT2D eigenvalue weighted by Gasteiger charge is 2.44. The molecule has 0 aromatic heterocycles. The van der Waals surface area contributed by atoms with Crippen molar-refractivity contribution in [3.63, 3.8) is 0 Å². The molecule has 1 spiro atoms. The second-order valence-corrected chi connectivity index (χ2v) is 5.54. The summed E-state index contributed by atoms with van der Waals surface area (Å²) in [6, 6.07) is 4.97. The quantitative estimate of drug-likeness (QED) is 0.852. The molecule has 92 valence electrons. The van der Waals surface area contributed by atoms with Crippen LogP contribution in [0.1, 0.15) is 31.2 Å². The molecule has 1 saturated heterocycles. The van der Waals surface area contributed by atoms with E-state index in [2.05, 4.69) is 4.90 Å². The minimum absolute atomic E-state index is 0.190. The van der Waals surface area contributed by atoms with Gasteiger partial charge in [0.1, 0.15) is 5.82 Å².